The van der Waals surface area contributed by atoms with Gasteiger partial charge in [-0.05, 0) is 12.3 Å². The van der Waals surface area contributed by atoms with Crippen LogP contribution >= 0.6 is 0 Å². The topological polar surface area (TPSA) is 84.1 Å². The molecule has 0 saturated carbocycles. The van der Waals surface area contributed by atoms with Crippen LogP contribution < -0.4 is 11.1 Å². The van der Waals surface area contributed by atoms with Gasteiger partial charge in [-0.3, -0.25) is 4.98 Å². The summed E-state index contributed by atoms with van der Waals surface area (Å²) in [7, 11) is 0. The molecule has 78 valence electrons. The highest BCUT2D eigenvalue weighted by atomic mass is 16.3. The molecule has 0 radical (unpaired) electrons. The number of aromatic nitrogens is 2. The Bertz CT molecular complexity index is 279. The van der Waals surface area contributed by atoms with Crippen molar-refractivity contribution in [2.45, 2.75) is 13.3 Å². The third kappa shape index (κ3) is 3.57. The van der Waals surface area contributed by atoms with Gasteiger partial charge in [-0.1, -0.05) is 6.92 Å². The van der Waals surface area contributed by atoms with Gasteiger partial charge < -0.3 is 16.2 Å². The quantitative estimate of drug-likeness (QED) is 0.638. The Morgan fingerprint density at radius 1 is 1.57 bits per heavy atom. The molecule has 0 spiro atoms. The third-order valence-electron chi connectivity index (χ3n) is 1.91. The molecule has 0 fully saturated rings. The number of aliphatic hydroxyl groups excluding tert-OH is 1. The summed E-state index contributed by atoms with van der Waals surface area (Å²) in [5.41, 5.74) is 5.47. The molecule has 4 N–H and O–H groups in total. The second-order valence-corrected chi connectivity index (χ2v) is 3.33. The Morgan fingerprint density at radius 3 is 3.00 bits per heavy atom. The number of hydrogen-bond acceptors (Lipinski definition) is 5. The van der Waals surface area contributed by atoms with Crippen LogP contribution in [-0.2, 0) is 0 Å². The van der Waals surface area contributed by atoms with E-state index in [0.29, 0.717) is 17.6 Å². The van der Waals surface area contributed by atoms with Crippen molar-refractivity contribution in [3.05, 3.63) is 12.4 Å². The molecule has 1 aromatic heterocycles. The summed E-state index contributed by atoms with van der Waals surface area (Å²) in [4.78, 5) is 7.96. The van der Waals surface area contributed by atoms with Crippen molar-refractivity contribution >= 4 is 11.6 Å². The van der Waals surface area contributed by atoms with Gasteiger partial charge in [-0.2, -0.15) is 0 Å². The minimum absolute atomic E-state index is 0.214. The molecule has 1 atom stereocenters. The van der Waals surface area contributed by atoms with E-state index >= 15 is 0 Å². The van der Waals surface area contributed by atoms with Crippen LogP contribution in [0.2, 0.25) is 0 Å². The van der Waals surface area contributed by atoms with Crippen LogP contribution in [-0.4, -0.2) is 28.2 Å². The zero-order chi connectivity index (χ0) is 10.4. The Morgan fingerprint density at radius 2 is 2.36 bits per heavy atom. The number of nitrogens with zero attached hydrogens (tertiary/aromatic N) is 2. The molecule has 5 heteroatoms. The molecular formula is C9H16N4O. The minimum Gasteiger partial charge on any atom is -0.396 e. The maximum atomic E-state index is 8.70. The largest absolute Gasteiger partial charge is 0.396 e. The fourth-order valence-corrected chi connectivity index (χ4v) is 1.07. The van der Waals surface area contributed by atoms with E-state index in [4.69, 9.17) is 10.8 Å². The number of hydrogen-bond donors (Lipinski definition) is 3. The van der Waals surface area contributed by atoms with E-state index in [9.17, 15) is 0 Å². The number of nitrogens with two attached hydrogens (primary N) is 1. The lowest BCUT2D eigenvalue weighted by Crippen LogP contribution is -2.13. The van der Waals surface area contributed by atoms with Gasteiger partial charge in [0.1, 0.15) is 11.6 Å². The first-order valence-corrected chi connectivity index (χ1v) is 4.64. The smallest absolute Gasteiger partial charge is 0.146 e. The normalized spacial score (nSPS) is 12.4. The van der Waals surface area contributed by atoms with Gasteiger partial charge in [0.2, 0.25) is 0 Å². The first-order valence-electron chi connectivity index (χ1n) is 4.64. The third-order valence-corrected chi connectivity index (χ3v) is 1.91. The molecule has 1 heterocycles. The molecule has 0 aromatic carbocycles. The molecule has 1 aromatic rings. The van der Waals surface area contributed by atoms with Gasteiger partial charge >= 0.3 is 0 Å². The molecule has 0 aliphatic rings. The van der Waals surface area contributed by atoms with E-state index in [0.717, 1.165) is 13.0 Å². The maximum absolute atomic E-state index is 8.70. The number of aliphatic hydroxyl groups is 1. The number of nitrogen functional groups attached to an aromatic ring is 1. The van der Waals surface area contributed by atoms with E-state index in [1.54, 1.807) is 6.20 Å². The van der Waals surface area contributed by atoms with Crippen molar-refractivity contribution < 1.29 is 5.11 Å². The predicted molar refractivity (Wildman–Crippen MR) is 55.8 cm³/mol. The van der Waals surface area contributed by atoms with E-state index in [-0.39, 0.29) is 6.61 Å². The number of rotatable bonds is 5. The fraction of sp³-hybridized carbons (Fsp3) is 0.556. The summed E-state index contributed by atoms with van der Waals surface area (Å²) in [5.74, 6) is 1.49. The van der Waals surface area contributed by atoms with Gasteiger partial charge in [0, 0.05) is 13.2 Å². The lowest BCUT2D eigenvalue weighted by Gasteiger charge is -2.11. The Kier molecular flexibility index (Phi) is 4.12. The second kappa shape index (κ2) is 5.39. The van der Waals surface area contributed by atoms with Gasteiger partial charge in [-0.15, -0.1) is 0 Å². The average Bonchev–Trinajstić information content (AvgIpc) is 2.15. The number of nitrogens with one attached hydrogen (secondary N) is 1. The van der Waals surface area contributed by atoms with Gasteiger partial charge in [-0.25, -0.2) is 4.98 Å². The summed E-state index contributed by atoms with van der Waals surface area (Å²) in [5, 5.41) is 11.8. The standard InChI is InChI=1S/C9H16N4O/c1-7(2-3-14)4-12-9-6-11-5-8(10)13-9/h5-7,14H,2-4H2,1H3,(H3,10,12,13). The second-order valence-electron chi connectivity index (χ2n) is 3.33. The molecular weight excluding hydrogens is 180 g/mol. The first kappa shape index (κ1) is 10.7. The van der Waals surface area contributed by atoms with Gasteiger partial charge in [0.05, 0.1) is 12.4 Å². The highest BCUT2D eigenvalue weighted by molar-refractivity contribution is 5.38. The maximum Gasteiger partial charge on any atom is 0.146 e. The average molecular weight is 196 g/mol. The molecule has 14 heavy (non-hydrogen) atoms. The Labute approximate surface area is 83.4 Å². The summed E-state index contributed by atoms with van der Waals surface area (Å²) in [6.07, 6.45) is 3.91. The van der Waals surface area contributed by atoms with Crippen molar-refractivity contribution in [1.82, 2.24) is 9.97 Å². The van der Waals surface area contributed by atoms with Crippen molar-refractivity contribution in [3.63, 3.8) is 0 Å². The lowest BCUT2D eigenvalue weighted by molar-refractivity contribution is 0.266. The molecule has 5 nitrogen and oxygen atoms in total. The van der Waals surface area contributed by atoms with E-state index in [1.807, 2.05) is 0 Å². The SMILES string of the molecule is CC(CCO)CNc1cncc(N)n1. The summed E-state index contributed by atoms with van der Waals surface area (Å²) >= 11 is 0. The van der Waals surface area contributed by atoms with E-state index in [1.165, 1.54) is 6.20 Å². The molecule has 0 aliphatic carbocycles. The molecule has 0 saturated heterocycles. The predicted octanol–water partition coefficient (Wildman–Crippen LogP) is 0.489. The minimum atomic E-state index is 0.214. The molecule has 1 rings (SSSR count). The number of anilines is 2. The van der Waals surface area contributed by atoms with Crippen LogP contribution in [0.15, 0.2) is 12.4 Å². The summed E-state index contributed by atoms with van der Waals surface area (Å²) < 4.78 is 0. The summed E-state index contributed by atoms with van der Waals surface area (Å²) in [6.45, 7) is 3.03. The zero-order valence-corrected chi connectivity index (χ0v) is 8.27. The molecule has 0 aliphatic heterocycles. The van der Waals surface area contributed by atoms with Crippen LogP contribution in [0.25, 0.3) is 0 Å². The highest BCUT2D eigenvalue weighted by Gasteiger charge is 2.01. The van der Waals surface area contributed by atoms with Crippen molar-refractivity contribution in [2.24, 2.45) is 5.92 Å². The Hall–Kier alpha value is -1.36. The Balaban J connectivity index is 2.37. The van der Waals surface area contributed by atoms with Crippen molar-refractivity contribution in [2.75, 3.05) is 24.2 Å². The van der Waals surface area contributed by atoms with Gasteiger partial charge in [0.25, 0.3) is 0 Å². The van der Waals surface area contributed by atoms with Crippen LogP contribution in [0.4, 0.5) is 11.6 Å². The van der Waals surface area contributed by atoms with E-state index < -0.39 is 0 Å². The molecule has 1 unspecified atom stereocenters. The molecule has 0 bridgehead atoms. The van der Waals surface area contributed by atoms with Crippen LogP contribution in [0.5, 0.6) is 0 Å². The van der Waals surface area contributed by atoms with Gasteiger partial charge in [0.15, 0.2) is 0 Å². The van der Waals surface area contributed by atoms with E-state index in [2.05, 4.69) is 22.2 Å². The van der Waals surface area contributed by atoms with Crippen LogP contribution in [0.1, 0.15) is 13.3 Å². The molecule has 0 amide bonds. The fourth-order valence-electron chi connectivity index (χ4n) is 1.07. The zero-order valence-electron chi connectivity index (χ0n) is 8.27. The van der Waals surface area contributed by atoms with Crippen molar-refractivity contribution in [1.29, 1.82) is 0 Å². The summed E-state index contributed by atoms with van der Waals surface area (Å²) in [6, 6.07) is 0. The lowest BCUT2D eigenvalue weighted by atomic mass is 10.1. The monoisotopic (exact) mass is 196 g/mol. The first-order chi connectivity index (χ1) is 6.72. The van der Waals surface area contributed by atoms with Crippen LogP contribution in [0, 0.1) is 5.92 Å². The van der Waals surface area contributed by atoms with Crippen molar-refractivity contribution in [3.8, 4) is 0 Å². The highest BCUT2D eigenvalue weighted by Crippen LogP contribution is 2.06. The van der Waals surface area contributed by atoms with Crippen LogP contribution in [0.3, 0.4) is 0 Å².